The molecule has 0 fully saturated rings. The molecule has 2 rings (SSSR count). The van der Waals surface area contributed by atoms with Crippen molar-refractivity contribution < 1.29 is 4.39 Å². The van der Waals surface area contributed by atoms with Gasteiger partial charge >= 0.3 is 0 Å². The van der Waals surface area contributed by atoms with E-state index in [4.69, 9.17) is 18.0 Å². The molecule has 0 saturated carbocycles. The Morgan fingerprint density at radius 3 is 2.88 bits per heavy atom. The molecule has 0 amide bonds. The number of benzene rings is 1. The van der Waals surface area contributed by atoms with Gasteiger partial charge in [0.2, 0.25) is 0 Å². The largest absolute Gasteiger partial charge is 0.383 e. The second-order valence-corrected chi connectivity index (χ2v) is 3.65. The zero-order valence-electron chi connectivity index (χ0n) is 8.72. The first kappa shape index (κ1) is 11.4. The Labute approximate surface area is 102 Å². The summed E-state index contributed by atoms with van der Waals surface area (Å²) >= 11 is 4.80. The molecule has 0 unspecified atom stereocenters. The van der Waals surface area contributed by atoms with E-state index in [1.807, 2.05) is 0 Å². The van der Waals surface area contributed by atoms with Crippen molar-refractivity contribution >= 4 is 29.9 Å². The maximum atomic E-state index is 13.3. The van der Waals surface area contributed by atoms with Crippen LogP contribution in [-0.4, -0.2) is 16.2 Å². The Kier molecular flexibility index (Phi) is 3.24. The van der Waals surface area contributed by atoms with Crippen LogP contribution in [0.3, 0.4) is 0 Å². The summed E-state index contributed by atoms with van der Waals surface area (Å²) in [6.07, 6.45) is 2.82. The number of nitrogens with two attached hydrogens (primary N) is 1. The van der Waals surface area contributed by atoms with Gasteiger partial charge in [-0.25, -0.2) is 9.37 Å². The fourth-order valence-corrected chi connectivity index (χ4v) is 1.39. The van der Waals surface area contributed by atoms with Gasteiger partial charge in [0.05, 0.1) is 6.20 Å². The van der Waals surface area contributed by atoms with Crippen molar-refractivity contribution in [3.63, 3.8) is 0 Å². The van der Waals surface area contributed by atoms with Crippen LogP contribution in [0.5, 0.6) is 0 Å². The Morgan fingerprint density at radius 1 is 1.41 bits per heavy atom. The molecule has 3 N–H and O–H groups in total. The lowest BCUT2D eigenvalue weighted by atomic mass is 10.2. The normalized spacial score (nSPS) is 10.9. The fourth-order valence-electron chi connectivity index (χ4n) is 1.22. The minimum Gasteiger partial charge on any atom is -0.383 e. The lowest BCUT2D eigenvalue weighted by molar-refractivity contribution is 0.626. The molecule has 0 aliphatic heterocycles. The van der Waals surface area contributed by atoms with Crippen LogP contribution in [0.1, 0.15) is 5.56 Å². The lowest BCUT2D eigenvalue weighted by Gasteiger charge is -1.99. The zero-order chi connectivity index (χ0) is 12.3. The molecule has 2 aromatic rings. The van der Waals surface area contributed by atoms with Gasteiger partial charge in [0, 0.05) is 11.8 Å². The molecule has 86 valence electrons. The summed E-state index contributed by atoms with van der Waals surface area (Å²) in [5.41, 5.74) is 6.46. The van der Waals surface area contributed by atoms with Gasteiger partial charge in [0.15, 0.2) is 4.77 Å². The van der Waals surface area contributed by atoms with Crippen LogP contribution < -0.4 is 5.73 Å². The van der Waals surface area contributed by atoms with Gasteiger partial charge in [-0.3, -0.25) is 4.99 Å². The highest BCUT2D eigenvalue weighted by Crippen LogP contribution is 2.17. The van der Waals surface area contributed by atoms with Gasteiger partial charge < -0.3 is 10.7 Å². The summed E-state index contributed by atoms with van der Waals surface area (Å²) in [4.78, 5) is 10.6. The molecule has 1 aromatic heterocycles. The minimum absolute atomic E-state index is 0.285. The Morgan fingerprint density at radius 2 is 2.18 bits per heavy atom. The van der Waals surface area contributed by atoms with E-state index in [1.165, 1.54) is 18.5 Å². The summed E-state index contributed by atoms with van der Waals surface area (Å²) in [6, 6.07) is 6.32. The standard InChI is InChI=1S/C11H9FN4S/c12-8-4-2-1-3-7(8)5-14-9-6-15-11(17)16-10(9)13/h1-6H,(H3,13,15,16,17). The van der Waals surface area contributed by atoms with E-state index < -0.39 is 0 Å². The van der Waals surface area contributed by atoms with Crippen LogP contribution in [-0.2, 0) is 0 Å². The van der Waals surface area contributed by atoms with Crippen LogP contribution in [0.15, 0.2) is 35.5 Å². The first-order valence-electron chi connectivity index (χ1n) is 4.80. The minimum atomic E-state index is -0.341. The number of nitrogens with one attached hydrogen (secondary N) is 1. The van der Waals surface area contributed by atoms with Crippen molar-refractivity contribution in [1.29, 1.82) is 0 Å². The van der Waals surface area contributed by atoms with Crippen molar-refractivity contribution in [2.24, 2.45) is 4.99 Å². The number of aromatic nitrogens is 2. The number of halogens is 1. The average Bonchev–Trinajstić information content (AvgIpc) is 2.30. The predicted molar refractivity (Wildman–Crippen MR) is 67.5 cm³/mol. The highest BCUT2D eigenvalue weighted by molar-refractivity contribution is 7.71. The predicted octanol–water partition coefficient (Wildman–Crippen LogP) is 2.61. The average molecular weight is 248 g/mol. The number of nitrogen functional groups attached to an aromatic ring is 1. The summed E-state index contributed by atoms with van der Waals surface area (Å²) in [6.45, 7) is 0. The van der Waals surface area contributed by atoms with Crippen molar-refractivity contribution in [3.05, 3.63) is 46.6 Å². The second kappa shape index (κ2) is 4.84. The van der Waals surface area contributed by atoms with Crippen molar-refractivity contribution in [1.82, 2.24) is 9.97 Å². The van der Waals surface area contributed by atoms with Crippen LogP contribution in [0.2, 0.25) is 0 Å². The van der Waals surface area contributed by atoms with Crippen molar-refractivity contribution in [2.45, 2.75) is 0 Å². The monoisotopic (exact) mass is 248 g/mol. The lowest BCUT2D eigenvalue weighted by Crippen LogP contribution is -1.93. The van der Waals surface area contributed by atoms with E-state index in [0.717, 1.165) is 0 Å². The summed E-state index contributed by atoms with van der Waals surface area (Å²) < 4.78 is 13.6. The van der Waals surface area contributed by atoms with Gasteiger partial charge in [0.25, 0.3) is 0 Å². The van der Waals surface area contributed by atoms with Gasteiger partial charge in [-0.05, 0) is 18.3 Å². The third-order valence-electron chi connectivity index (χ3n) is 2.07. The third kappa shape index (κ3) is 2.73. The molecule has 0 radical (unpaired) electrons. The zero-order valence-corrected chi connectivity index (χ0v) is 9.54. The summed E-state index contributed by atoms with van der Waals surface area (Å²) in [5, 5.41) is 0. The first-order valence-corrected chi connectivity index (χ1v) is 5.21. The van der Waals surface area contributed by atoms with Gasteiger partial charge in [-0.2, -0.15) is 0 Å². The fraction of sp³-hybridized carbons (Fsp3) is 0. The Hall–Kier alpha value is -2.08. The first-order chi connectivity index (χ1) is 8.16. The van der Waals surface area contributed by atoms with Crippen LogP contribution >= 0.6 is 12.2 Å². The molecule has 1 aromatic carbocycles. The number of hydrogen-bond donors (Lipinski definition) is 2. The Bertz CT molecular complexity index is 621. The SMILES string of the molecule is Nc1[nH]c(=S)ncc1N=Cc1ccccc1F. The number of aliphatic imine (C=N–C) groups is 1. The third-order valence-corrected chi connectivity index (χ3v) is 2.28. The molecule has 0 saturated heterocycles. The van der Waals surface area contributed by atoms with Crippen LogP contribution in [0, 0.1) is 10.6 Å². The van der Waals surface area contributed by atoms with Gasteiger partial charge in [-0.15, -0.1) is 0 Å². The van der Waals surface area contributed by atoms with E-state index in [2.05, 4.69) is 15.0 Å². The highest BCUT2D eigenvalue weighted by Gasteiger charge is 1.99. The maximum absolute atomic E-state index is 13.3. The molecule has 0 aliphatic carbocycles. The second-order valence-electron chi connectivity index (χ2n) is 3.27. The number of anilines is 1. The van der Waals surface area contributed by atoms with Gasteiger partial charge in [0.1, 0.15) is 17.3 Å². The van der Waals surface area contributed by atoms with E-state index in [0.29, 0.717) is 17.1 Å². The molecule has 1 heterocycles. The number of H-pyrrole nitrogens is 1. The summed E-state index contributed by atoms with van der Waals surface area (Å²) in [7, 11) is 0. The van der Waals surface area contributed by atoms with Crippen LogP contribution in [0.4, 0.5) is 15.9 Å². The molecule has 17 heavy (non-hydrogen) atoms. The van der Waals surface area contributed by atoms with Crippen molar-refractivity contribution in [2.75, 3.05) is 5.73 Å². The molecule has 0 aliphatic rings. The molecule has 0 spiro atoms. The van der Waals surface area contributed by atoms with E-state index in [1.54, 1.807) is 18.2 Å². The number of aromatic amines is 1. The smallest absolute Gasteiger partial charge is 0.198 e. The van der Waals surface area contributed by atoms with Crippen molar-refractivity contribution in [3.8, 4) is 0 Å². The molecule has 6 heteroatoms. The van der Waals surface area contributed by atoms with Crippen LogP contribution in [0.25, 0.3) is 0 Å². The Balaban J connectivity index is 2.33. The van der Waals surface area contributed by atoms with Gasteiger partial charge in [-0.1, -0.05) is 18.2 Å². The maximum Gasteiger partial charge on any atom is 0.198 e. The summed E-state index contributed by atoms with van der Waals surface area (Å²) in [5.74, 6) is -0.0377. The number of rotatable bonds is 2. The van der Waals surface area contributed by atoms with E-state index >= 15 is 0 Å². The van der Waals surface area contributed by atoms with E-state index in [9.17, 15) is 4.39 Å². The topological polar surface area (TPSA) is 67.1 Å². The molecular formula is C11H9FN4S. The molecule has 0 atom stereocenters. The molecule has 4 nitrogen and oxygen atoms in total. The molecular weight excluding hydrogens is 239 g/mol. The molecule has 0 bridgehead atoms. The quantitative estimate of drug-likeness (QED) is 0.634. The van der Waals surface area contributed by atoms with E-state index in [-0.39, 0.29) is 10.6 Å². The number of hydrogen-bond acceptors (Lipinski definition) is 4. The number of nitrogens with zero attached hydrogens (tertiary/aromatic N) is 2. The highest BCUT2D eigenvalue weighted by atomic mass is 32.1.